The second-order valence-electron chi connectivity index (χ2n) is 9.12. The fourth-order valence-corrected chi connectivity index (χ4v) is 3.82. The van der Waals surface area contributed by atoms with Crippen molar-refractivity contribution in [1.29, 1.82) is 0 Å². The highest BCUT2D eigenvalue weighted by Crippen LogP contribution is 2.29. The Morgan fingerprint density at radius 2 is 1.64 bits per heavy atom. The first-order valence-corrected chi connectivity index (χ1v) is 12.1. The van der Waals surface area contributed by atoms with Crippen LogP contribution in [0.2, 0.25) is 0 Å². The van der Waals surface area contributed by atoms with Gasteiger partial charge in [0.1, 0.15) is 17.8 Å². The molecule has 4 rings (SSSR count). The third kappa shape index (κ3) is 6.13. The number of nitrogens with zero attached hydrogens (tertiary/aromatic N) is 1. The van der Waals surface area contributed by atoms with Crippen molar-refractivity contribution in [2.45, 2.75) is 45.6 Å². The fraction of sp³-hybridized carbons (Fsp3) is 0.267. The van der Waals surface area contributed by atoms with E-state index in [-0.39, 0.29) is 0 Å². The lowest BCUT2D eigenvalue weighted by Gasteiger charge is -2.22. The van der Waals surface area contributed by atoms with Crippen molar-refractivity contribution in [3.05, 3.63) is 90.3 Å². The normalized spacial score (nSPS) is 11.3. The van der Waals surface area contributed by atoms with Gasteiger partial charge in [-0.25, -0.2) is 9.78 Å². The molecular formula is C30H31NO5. The number of aliphatic carboxylic acids is 1. The van der Waals surface area contributed by atoms with Gasteiger partial charge in [0, 0.05) is 12.0 Å². The first-order valence-electron chi connectivity index (χ1n) is 12.1. The summed E-state index contributed by atoms with van der Waals surface area (Å²) in [5, 5.41) is 9.32. The van der Waals surface area contributed by atoms with Gasteiger partial charge in [-0.2, -0.15) is 0 Å². The molecule has 1 heterocycles. The molecule has 0 unspecified atom stereocenters. The number of rotatable bonds is 11. The molecule has 1 aromatic heterocycles. The van der Waals surface area contributed by atoms with Crippen molar-refractivity contribution in [2.24, 2.45) is 0 Å². The first kappa shape index (κ1) is 25.0. The molecule has 186 valence electrons. The van der Waals surface area contributed by atoms with Crippen LogP contribution in [0.15, 0.2) is 83.5 Å². The molecule has 0 radical (unpaired) electrons. The van der Waals surface area contributed by atoms with Crippen LogP contribution in [0.1, 0.15) is 38.4 Å². The van der Waals surface area contributed by atoms with Crippen LogP contribution in [0.4, 0.5) is 0 Å². The van der Waals surface area contributed by atoms with Crippen molar-refractivity contribution in [3.8, 4) is 34.1 Å². The smallest absolute Gasteiger partial charge is 0.347 e. The third-order valence-electron chi connectivity index (χ3n) is 5.85. The summed E-state index contributed by atoms with van der Waals surface area (Å²) in [5.74, 6) is 0.841. The molecule has 0 saturated carbocycles. The Balaban J connectivity index is 1.37. The first-order chi connectivity index (χ1) is 17.4. The number of carboxylic acids is 1. The molecule has 0 aliphatic carbocycles. The van der Waals surface area contributed by atoms with Gasteiger partial charge in [0.15, 0.2) is 5.60 Å². The van der Waals surface area contributed by atoms with E-state index in [1.54, 1.807) is 12.3 Å². The maximum atomic E-state index is 11.4. The lowest BCUT2D eigenvalue weighted by atomic mass is 10.0. The average molecular weight is 486 g/mol. The minimum Gasteiger partial charge on any atom is -0.493 e. The van der Waals surface area contributed by atoms with E-state index in [0.29, 0.717) is 24.7 Å². The molecule has 4 aromatic rings. The maximum Gasteiger partial charge on any atom is 0.347 e. The van der Waals surface area contributed by atoms with Gasteiger partial charge in [-0.15, -0.1) is 0 Å². The van der Waals surface area contributed by atoms with Crippen LogP contribution >= 0.6 is 0 Å². The molecule has 0 aliphatic rings. The van der Waals surface area contributed by atoms with Gasteiger partial charge in [0.2, 0.25) is 5.89 Å². The molecule has 0 aliphatic heterocycles. The second kappa shape index (κ2) is 11.1. The molecule has 0 bridgehead atoms. The standard InChI is InChI=1S/C30H31NO5/c1-4-8-24-19-26(36-30(2,3)29(32)33)15-16-27(24)34-18-17-25-20-35-28(31-25)23-13-11-22(12-14-23)21-9-6-5-7-10-21/h5-7,9-16,19-20H,4,8,17-18H2,1-3H3,(H,32,33). The molecule has 6 nitrogen and oxygen atoms in total. The summed E-state index contributed by atoms with van der Waals surface area (Å²) in [6.07, 6.45) is 3.99. The minimum atomic E-state index is -1.31. The number of hydrogen-bond acceptors (Lipinski definition) is 5. The summed E-state index contributed by atoms with van der Waals surface area (Å²) >= 11 is 0. The van der Waals surface area contributed by atoms with E-state index in [1.807, 2.05) is 42.5 Å². The van der Waals surface area contributed by atoms with Crippen molar-refractivity contribution >= 4 is 5.97 Å². The van der Waals surface area contributed by atoms with Crippen LogP contribution in [0.3, 0.4) is 0 Å². The number of hydrogen-bond donors (Lipinski definition) is 1. The number of aromatic nitrogens is 1. The molecular weight excluding hydrogens is 454 g/mol. The number of benzene rings is 3. The third-order valence-corrected chi connectivity index (χ3v) is 5.85. The summed E-state index contributed by atoms with van der Waals surface area (Å²) in [6, 6.07) is 23.8. The van der Waals surface area contributed by atoms with Crippen molar-refractivity contribution in [3.63, 3.8) is 0 Å². The van der Waals surface area contributed by atoms with E-state index in [4.69, 9.17) is 13.9 Å². The van der Waals surface area contributed by atoms with Crippen LogP contribution in [0.25, 0.3) is 22.6 Å². The number of carboxylic acid groups (broad SMARTS) is 1. The SMILES string of the molecule is CCCc1cc(OC(C)(C)C(=O)O)ccc1OCCc1coc(-c2ccc(-c3ccccc3)cc2)n1. The van der Waals surface area contributed by atoms with Crippen LogP contribution < -0.4 is 9.47 Å². The lowest BCUT2D eigenvalue weighted by molar-refractivity contribution is -0.152. The highest BCUT2D eigenvalue weighted by atomic mass is 16.5. The summed E-state index contributed by atoms with van der Waals surface area (Å²) in [5.41, 5.74) is 3.73. The van der Waals surface area contributed by atoms with Crippen LogP contribution in [-0.2, 0) is 17.6 Å². The summed E-state index contributed by atoms with van der Waals surface area (Å²) < 4.78 is 17.4. The molecule has 1 N–H and O–H groups in total. The number of carbonyl (C=O) groups is 1. The predicted octanol–water partition coefficient (Wildman–Crippen LogP) is 6.82. The zero-order valence-electron chi connectivity index (χ0n) is 20.9. The fourth-order valence-electron chi connectivity index (χ4n) is 3.82. The maximum absolute atomic E-state index is 11.4. The van der Waals surface area contributed by atoms with Gasteiger partial charge in [0.25, 0.3) is 0 Å². The Kier molecular flexibility index (Phi) is 7.74. The summed E-state index contributed by atoms with van der Waals surface area (Å²) in [4.78, 5) is 16.0. The summed E-state index contributed by atoms with van der Waals surface area (Å²) in [7, 11) is 0. The van der Waals surface area contributed by atoms with Crippen LogP contribution in [0, 0.1) is 0 Å². The van der Waals surface area contributed by atoms with Gasteiger partial charge in [-0.3, -0.25) is 0 Å². The largest absolute Gasteiger partial charge is 0.493 e. The zero-order chi connectivity index (χ0) is 25.5. The molecule has 0 atom stereocenters. The number of aryl methyl sites for hydroxylation is 1. The highest BCUT2D eigenvalue weighted by molar-refractivity contribution is 5.76. The van der Waals surface area contributed by atoms with E-state index in [2.05, 4.69) is 36.2 Å². The van der Waals surface area contributed by atoms with E-state index < -0.39 is 11.6 Å². The Labute approximate surface area is 211 Å². The Hall–Kier alpha value is -4.06. The predicted molar refractivity (Wildman–Crippen MR) is 139 cm³/mol. The average Bonchev–Trinajstić information content (AvgIpc) is 3.35. The zero-order valence-corrected chi connectivity index (χ0v) is 20.9. The molecule has 6 heteroatoms. The van der Waals surface area contributed by atoms with E-state index in [9.17, 15) is 9.90 Å². The topological polar surface area (TPSA) is 81.8 Å². The molecule has 0 fully saturated rings. The molecule has 0 amide bonds. The molecule has 3 aromatic carbocycles. The highest BCUT2D eigenvalue weighted by Gasteiger charge is 2.29. The Morgan fingerprint density at radius 1 is 0.944 bits per heavy atom. The Bertz CT molecular complexity index is 1290. The van der Waals surface area contributed by atoms with E-state index in [1.165, 1.54) is 19.4 Å². The minimum absolute atomic E-state index is 0.441. The van der Waals surface area contributed by atoms with E-state index >= 15 is 0 Å². The number of oxazole rings is 1. The van der Waals surface area contributed by atoms with Crippen molar-refractivity contribution in [1.82, 2.24) is 4.98 Å². The van der Waals surface area contributed by atoms with Crippen molar-refractivity contribution in [2.75, 3.05) is 6.61 Å². The molecule has 0 saturated heterocycles. The monoisotopic (exact) mass is 485 g/mol. The van der Waals surface area contributed by atoms with Gasteiger partial charge in [-0.05, 0) is 67.3 Å². The molecule has 36 heavy (non-hydrogen) atoms. The van der Waals surface area contributed by atoms with Crippen molar-refractivity contribution < 1.29 is 23.8 Å². The van der Waals surface area contributed by atoms with Crippen LogP contribution in [0.5, 0.6) is 11.5 Å². The quantitative estimate of drug-likeness (QED) is 0.251. The number of ether oxygens (including phenoxy) is 2. The Morgan fingerprint density at radius 3 is 2.33 bits per heavy atom. The second-order valence-corrected chi connectivity index (χ2v) is 9.12. The van der Waals surface area contributed by atoms with Gasteiger partial charge in [0.05, 0.1) is 12.3 Å². The van der Waals surface area contributed by atoms with E-state index in [0.717, 1.165) is 41.0 Å². The molecule has 0 spiro atoms. The van der Waals surface area contributed by atoms with Gasteiger partial charge >= 0.3 is 5.97 Å². The van der Waals surface area contributed by atoms with Crippen LogP contribution in [-0.4, -0.2) is 28.3 Å². The van der Waals surface area contributed by atoms with Gasteiger partial charge < -0.3 is 19.0 Å². The lowest BCUT2D eigenvalue weighted by Crippen LogP contribution is -2.37. The summed E-state index contributed by atoms with van der Waals surface area (Å²) in [6.45, 7) is 5.59. The van der Waals surface area contributed by atoms with Gasteiger partial charge in [-0.1, -0.05) is 55.8 Å².